The summed E-state index contributed by atoms with van der Waals surface area (Å²) in [5, 5.41) is 14.6. The number of aromatic nitrogens is 3. The molecule has 0 radical (unpaired) electrons. The minimum Gasteiger partial charge on any atom is -0.495 e. The molecule has 1 aromatic heterocycles. The lowest BCUT2D eigenvalue weighted by molar-refractivity contribution is -0.113. The Labute approximate surface area is 185 Å². The van der Waals surface area contributed by atoms with E-state index in [9.17, 15) is 9.59 Å². The van der Waals surface area contributed by atoms with Crippen LogP contribution < -0.4 is 15.4 Å². The fraction of sp³-hybridized carbons (Fsp3) is 0.273. The standard InChI is InChI=1S/C22H25N5O3S/c1-14-9-10-18(30-4)17(11-14)24-20(28)13-31-22-26-25-19(27(22)3)12-23-21(29)16-8-6-5-7-15(16)2/h5-11H,12-13H2,1-4H3,(H,23,29)(H,24,28). The average Bonchev–Trinajstić information content (AvgIpc) is 3.10. The molecule has 9 heteroatoms. The molecular weight excluding hydrogens is 414 g/mol. The van der Waals surface area contributed by atoms with Crippen molar-refractivity contribution in [3.05, 3.63) is 65.0 Å². The summed E-state index contributed by atoms with van der Waals surface area (Å²) in [5.41, 5.74) is 3.19. The molecule has 1 heterocycles. The van der Waals surface area contributed by atoms with E-state index < -0.39 is 0 Å². The van der Waals surface area contributed by atoms with Gasteiger partial charge in [0.15, 0.2) is 11.0 Å². The van der Waals surface area contributed by atoms with Crippen LogP contribution in [0.1, 0.15) is 27.3 Å². The second kappa shape index (κ2) is 10.1. The van der Waals surface area contributed by atoms with Gasteiger partial charge in [0.1, 0.15) is 5.75 Å². The largest absolute Gasteiger partial charge is 0.495 e. The molecule has 162 valence electrons. The fourth-order valence-electron chi connectivity index (χ4n) is 2.94. The van der Waals surface area contributed by atoms with Crippen molar-refractivity contribution in [1.82, 2.24) is 20.1 Å². The second-order valence-electron chi connectivity index (χ2n) is 7.00. The molecule has 0 bridgehead atoms. The van der Waals surface area contributed by atoms with Crippen LogP contribution in [0.5, 0.6) is 5.75 Å². The Kier molecular flexibility index (Phi) is 7.30. The third-order valence-corrected chi connectivity index (χ3v) is 5.70. The highest BCUT2D eigenvalue weighted by atomic mass is 32.2. The average molecular weight is 440 g/mol. The van der Waals surface area contributed by atoms with Gasteiger partial charge in [-0.05, 0) is 43.2 Å². The molecule has 2 aromatic carbocycles. The number of amides is 2. The quantitative estimate of drug-likeness (QED) is 0.524. The summed E-state index contributed by atoms with van der Waals surface area (Å²) in [6, 6.07) is 13.0. The first kappa shape index (κ1) is 22.4. The van der Waals surface area contributed by atoms with Crippen molar-refractivity contribution in [1.29, 1.82) is 0 Å². The molecule has 0 spiro atoms. The van der Waals surface area contributed by atoms with Gasteiger partial charge in [-0.2, -0.15) is 0 Å². The number of hydrogen-bond donors (Lipinski definition) is 2. The number of carbonyl (C=O) groups is 2. The van der Waals surface area contributed by atoms with Crippen molar-refractivity contribution in [3.8, 4) is 5.75 Å². The van der Waals surface area contributed by atoms with Gasteiger partial charge in [0.2, 0.25) is 5.91 Å². The van der Waals surface area contributed by atoms with Crippen LogP contribution in [0.3, 0.4) is 0 Å². The lowest BCUT2D eigenvalue weighted by Crippen LogP contribution is -2.25. The molecule has 2 N–H and O–H groups in total. The Bertz CT molecular complexity index is 1100. The van der Waals surface area contributed by atoms with Crippen LogP contribution in [-0.2, 0) is 18.4 Å². The van der Waals surface area contributed by atoms with Crippen LogP contribution in [0.2, 0.25) is 0 Å². The lowest BCUT2D eigenvalue weighted by Gasteiger charge is -2.11. The van der Waals surface area contributed by atoms with Gasteiger partial charge in [-0.25, -0.2) is 0 Å². The maximum atomic E-state index is 12.4. The monoisotopic (exact) mass is 439 g/mol. The first-order valence-corrected chi connectivity index (χ1v) is 10.7. The molecule has 31 heavy (non-hydrogen) atoms. The van der Waals surface area contributed by atoms with Crippen molar-refractivity contribution in [2.24, 2.45) is 7.05 Å². The van der Waals surface area contributed by atoms with Crippen molar-refractivity contribution in [2.45, 2.75) is 25.5 Å². The third-order valence-electron chi connectivity index (χ3n) is 4.68. The number of nitrogens with one attached hydrogen (secondary N) is 2. The molecule has 0 atom stereocenters. The summed E-state index contributed by atoms with van der Waals surface area (Å²) in [7, 11) is 3.37. The van der Waals surface area contributed by atoms with Crippen molar-refractivity contribution >= 4 is 29.3 Å². The molecule has 0 unspecified atom stereocenters. The summed E-state index contributed by atoms with van der Waals surface area (Å²) in [6.07, 6.45) is 0. The van der Waals surface area contributed by atoms with Gasteiger partial charge in [-0.15, -0.1) is 10.2 Å². The number of thioether (sulfide) groups is 1. The van der Waals surface area contributed by atoms with E-state index in [-0.39, 0.29) is 24.1 Å². The molecule has 2 amide bonds. The highest BCUT2D eigenvalue weighted by molar-refractivity contribution is 7.99. The van der Waals surface area contributed by atoms with E-state index in [2.05, 4.69) is 20.8 Å². The number of nitrogens with zero attached hydrogens (tertiary/aromatic N) is 3. The highest BCUT2D eigenvalue weighted by Gasteiger charge is 2.14. The molecule has 8 nitrogen and oxygen atoms in total. The highest BCUT2D eigenvalue weighted by Crippen LogP contribution is 2.25. The molecule has 0 aliphatic carbocycles. The van der Waals surface area contributed by atoms with Gasteiger partial charge in [0.05, 0.1) is 25.1 Å². The maximum absolute atomic E-state index is 12.4. The van der Waals surface area contributed by atoms with E-state index in [0.29, 0.717) is 28.0 Å². The number of rotatable bonds is 8. The molecule has 0 fully saturated rings. The van der Waals surface area contributed by atoms with E-state index in [1.807, 2.05) is 50.2 Å². The van der Waals surface area contributed by atoms with Gasteiger partial charge in [0.25, 0.3) is 5.91 Å². The first-order chi connectivity index (χ1) is 14.9. The van der Waals surface area contributed by atoms with E-state index in [0.717, 1.165) is 11.1 Å². The van der Waals surface area contributed by atoms with E-state index >= 15 is 0 Å². The molecule has 3 rings (SSSR count). The summed E-state index contributed by atoms with van der Waals surface area (Å²) in [6.45, 7) is 4.08. The van der Waals surface area contributed by atoms with Crippen LogP contribution in [0.4, 0.5) is 5.69 Å². The van der Waals surface area contributed by atoms with Gasteiger partial charge in [0, 0.05) is 12.6 Å². The van der Waals surface area contributed by atoms with Crippen LogP contribution in [0.25, 0.3) is 0 Å². The van der Waals surface area contributed by atoms with Gasteiger partial charge in [-0.3, -0.25) is 9.59 Å². The first-order valence-electron chi connectivity index (χ1n) is 9.68. The minimum absolute atomic E-state index is 0.165. The number of benzene rings is 2. The smallest absolute Gasteiger partial charge is 0.251 e. The zero-order valence-corrected chi connectivity index (χ0v) is 18.7. The number of methoxy groups -OCH3 is 1. The Morgan fingerprint density at radius 3 is 2.65 bits per heavy atom. The normalized spacial score (nSPS) is 10.6. The number of ether oxygens (including phenoxy) is 1. The molecule has 0 saturated carbocycles. The number of carbonyl (C=O) groups excluding carboxylic acids is 2. The predicted molar refractivity (Wildman–Crippen MR) is 120 cm³/mol. The van der Waals surface area contributed by atoms with Crippen LogP contribution in [-0.4, -0.2) is 39.4 Å². The van der Waals surface area contributed by atoms with Gasteiger partial charge < -0.3 is 19.9 Å². The van der Waals surface area contributed by atoms with E-state index in [1.54, 1.807) is 24.8 Å². The molecular formula is C22H25N5O3S. The molecule has 0 saturated heterocycles. The number of aryl methyl sites for hydroxylation is 2. The summed E-state index contributed by atoms with van der Waals surface area (Å²) < 4.78 is 7.06. The predicted octanol–water partition coefficient (Wildman–Crippen LogP) is 3.10. The van der Waals surface area contributed by atoms with Crippen LogP contribution >= 0.6 is 11.8 Å². The third kappa shape index (κ3) is 5.64. The number of anilines is 1. The SMILES string of the molecule is COc1ccc(C)cc1NC(=O)CSc1nnc(CNC(=O)c2ccccc2C)n1C. The summed E-state index contributed by atoms with van der Waals surface area (Å²) >= 11 is 1.27. The topological polar surface area (TPSA) is 98.1 Å². The Balaban J connectivity index is 1.56. The fourth-order valence-corrected chi connectivity index (χ4v) is 3.67. The van der Waals surface area contributed by atoms with Crippen molar-refractivity contribution < 1.29 is 14.3 Å². The minimum atomic E-state index is -0.175. The second-order valence-corrected chi connectivity index (χ2v) is 7.94. The van der Waals surface area contributed by atoms with E-state index in [4.69, 9.17) is 4.74 Å². The Morgan fingerprint density at radius 1 is 1.13 bits per heavy atom. The van der Waals surface area contributed by atoms with Gasteiger partial charge in [-0.1, -0.05) is 36.0 Å². The summed E-state index contributed by atoms with van der Waals surface area (Å²) in [4.78, 5) is 24.8. The van der Waals surface area contributed by atoms with Crippen molar-refractivity contribution in [2.75, 3.05) is 18.2 Å². The van der Waals surface area contributed by atoms with Crippen molar-refractivity contribution in [3.63, 3.8) is 0 Å². The number of hydrogen-bond acceptors (Lipinski definition) is 6. The zero-order chi connectivity index (χ0) is 22.4. The molecule has 0 aliphatic heterocycles. The Hall–Kier alpha value is -3.33. The Morgan fingerprint density at radius 2 is 1.90 bits per heavy atom. The lowest BCUT2D eigenvalue weighted by atomic mass is 10.1. The van der Waals surface area contributed by atoms with E-state index in [1.165, 1.54) is 11.8 Å². The van der Waals surface area contributed by atoms with Crippen LogP contribution in [0.15, 0.2) is 47.6 Å². The molecule has 0 aliphatic rings. The maximum Gasteiger partial charge on any atom is 0.251 e. The molecule has 3 aromatic rings. The summed E-state index contributed by atoms with van der Waals surface area (Å²) in [5.74, 6) is 1.03. The zero-order valence-electron chi connectivity index (χ0n) is 17.9. The van der Waals surface area contributed by atoms with Crippen LogP contribution in [0, 0.1) is 13.8 Å². The van der Waals surface area contributed by atoms with Gasteiger partial charge >= 0.3 is 0 Å².